The van der Waals surface area contributed by atoms with Gasteiger partial charge >= 0.3 is 0 Å². The van der Waals surface area contributed by atoms with E-state index in [9.17, 15) is 15.2 Å². The van der Waals surface area contributed by atoms with E-state index in [1.165, 1.54) is 6.20 Å². The molecule has 2 aromatic rings. The van der Waals surface area contributed by atoms with E-state index in [1.807, 2.05) is 4.90 Å². The van der Waals surface area contributed by atoms with Crippen molar-refractivity contribution in [2.45, 2.75) is 0 Å². The zero-order chi connectivity index (χ0) is 20.0. The molecule has 3 aliphatic heterocycles. The van der Waals surface area contributed by atoms with Crippen LogP contribution in [0.1, 0.15) is 16.1 Å². The fourth-order valence-corrected chi connectivity index (χ4v) is 4.57. The van der Waals surface area contributed by atoms with Crippen LogP contribution in [0.25, 0.3) is 0 Å². The van der Waals surface area contributed by atoms with Crippen LogP contribution in [-0.4, -0.2) is 65.5 Å². The highest BCUT2D eigenvalue weighted by atomic mass is 16.7. The van der Waals surface area contributed by atoms with Crippen molar-refractivity contribution in [1.29, 1.82) is 5.26 Å². The van der Waals surface area contributed by atoms with Crippen molar-refractivity contribution in [3.63, 3.8) is 0 Å². The number of aliphatic hydroxyl groups is 1. The van der Waals surface area contributed by atoms with Crippen molar-refractivity contribution >= 4 is 11.7 Å². The lowest BCUT2D eigenvalue weighted by atomic mass is 9.82. The Kier molecular flexibility index (Phi) is 4.03. The lowest BCUT2D eigenvalue weighted by Crippen LogP contribution is -2.39. The van der Waals surface area contributed by atoms with Crippen molar-refractivity contribution in [2.24, 2.45) is 11.3 Å². The molecule has 1 amide bonds. The number of hydrogen-bond donors (Lipinski definition) is 1. The van der Waals surface area contributed by atoms with Crippen molar-refractivity contribution in [2.75, 3.05) is 44.5 Å². The molecule has 2 atom stereocenters. The first kappa shape index (κ1) is 17.7. The van der Waals surface area contributed by atoms with Gasteiger partial charge in [0.15, 0.2) is 23.0 Å². The number of fused-ring (bicyclic) bond motifs is 2. The van der Waals surface area contributed by atoms with Gasteiger partial charge in [-0.1, -0.05) is 0 Å². The molecule has 29 heavy (non-hydrogen) atoms. The van der Waals surface area contributed by atoms with Gasteiger partial charge in [0, 0.05) is 55.5 Å². The molecule has 5 rings (SSSR count). The van der Waals surface area contributed by atoms with E-state index in [-0.39, 0.29) is 30.9 Å². The minimum absolute atomic E-state index is 0.0404. The Hall–Kier alpha value is -3.38. The van der Waals surface area contributed by atoms with Gasteiger partial charge < -0.3 is 24.4 Å². The number of carbonyl (C=O) groups is 1. The molecule has 4 heterocycles. The summed E-state index contributed by atoms with van der Waals surface area (Å²) in [7, 11) is 0. The average Bonchev–Trinajstić information content (AvgIpc) is 3.45. The van der Waals surface area contributed by atoms with Crippen molar-refractivity contribution < 1.29 is 19.4 Å². The molecule has 0 radical (unpaired) electrons. The Morgan fingerprint density at radius 2 is 2.07 bits per heavy atom. The number of likely N-dealkylation sites (tertiary alicyclic amines) is 1. The third kappa shape index (κ3) is 2.76. The van der Waals surface area contributed by atoms with Crippen molar-refractivity contribution in [3.05, 3.63) is 41.9 Å². The minimum Gasteiger partial charge on any atom is -0.454 e. The van der Waals surface area contributed by atoms with Gasteiger partial charge in [-0.05, 0) is 18.2 Å². The normalized spacial score (nSPS) is 24.5. The summed E-state index contributed by atoms with van der Waals surface area (Å²) < 4.78 is 10.7. The number of amides is 1. The smallest absolute Gasteiger partial charge is 0.254 e. The van der Waals surface area contributed by atoms with Crippen LogP contribution in [0.4, 0.5) is 5.82 Å². The summed E-state index contributed by atoms with van der Waals surface area (Å²) in [5.41, 5.74) is 0.365. The molecule has 9 nitrogen and oxygen atoms in total. The summed E-state index contributed by atoms with van der Waals surface area (Å²) >= 11 is 0. The molecule has 1 aromatic carbocycles. The van der Waals surface area contributed by atoms with Crippen LogP contribution >= 0.6 is 0 Å². The van der Waals surface area contributed by atoms with E-state index in [1.54, 1.807) is 29.3 Å². The molecule has 0 spiro atoms. The maximum absolute atomic E-state index is 13.1. The van der Waals surface area contributed by atoms with Gasteiger partial charge in [-0.15, -0.1) is 0 Å². The van der Waals surface area contributed by atoms with Crippen LogP contribution in [0.5, 0.6) is 11.5 Å². The maximum Gasteiger partial charge on any atom is 0.254 e. The number of aromatic nitrogens is 2. The van der Waals surface area contributed by atoms with Gasteiger partial charge in [-0.25, -0.2) is 9.97 Å². The van der Waals surface area contributed by atoms with E-state index in [4.69, 9.17) is 9.47 Å². The van der Waals surface area contributed by atoms with Gasteiger partial charge in [0.2, 0.25) is 6.79 Å². The second-order valence-electron chi connectivity index (χ2n) is 7.69. The first-order chi connectivity index (χ1) is 14.1. The second-order valence-corrected chi connectivity index (χ2v) is 7.69. The van der Waals surface area contributed by atoms with E-state index >= 15 is 0 Å². The monoisotopic (exact) mass is 393 g/mol. The molecule has 2 saturated heterocycles. The summed E-state index contributed by atoms with van der Waals surface area (Å²) in [6, 6.07) is 7.26. The Balaban J connectivity index is 1.36. The van der Waals surface area contributed by atoms with Gasteiger partial charge in [-0.2, -0.15) is 5.26 Å². The van der Waals surface area contributed by atoms with E-state index in [2.05, 4.69) is 16.0 Å². The Morgan fingerprint density at radius 1 is 1.24 bits per heavy atom. The Labute approximate surface area is 167 Å². The summed E-state index contributed by atoms with van der Waals surface area (Å²) in [6.45, 7) is 2.23. The average molecular weight is 393 g/mol. The second kappa shape index (κ2) is 6.60. The number of benzene rings is 1. The summed E-state index contributed by atoms with van der Waals surface area (Å²) in [6.07, 6.45) is 3.05. The predicted molar refractivity (Wildman–Crippen MR) is 100 cm³/mol. The lowest BCUT2D eigenvalue weighted by molar-refractivity contribution is 0.0747. The number of rotatable bonds is 3. The highest BCUT2D eigenvalue weighted by molar-refractivity contribution is 5.95. The van der Waals surface area contributed by atoms with Crippen LogP contribution in [0, 0.1) is 22.7 Å². The first-order valence-electron chi connectivity index (χ1n) is 9.39. The quantitative estimate of drug-likeness (QED) is 0.809. The molecule has 9 heteroatoms. The first-order valence-corrected chi connectivity index (χ1v) is 9.39. The number of anilines is 1. The number of nitrogens with zero attached hydrogens (tertiary/aromatic N) is 5. The number of nitriles is 1. The fraction of sp³-hybridized carbons (Fsp3) is 0.400. The third-order valence-corrected chi connectivity index (χ3v) is 6.07. The summed E-state index contributed by atoms with van der Waals surface area (Å²) in [5, 5.41) is 19.5. The molecule has 2 fully saturated rings. The van der Waals surface area contributed by atoms with Crippen molar-refractivity contribution in [1.82, 2.24) is 14.9 Å². The van der Waals surface area contributed by atoms with E-state index in [0.29, 0.717) is 49.1 Å². The molecular weight excluding hydrogens is 374 g/mol. The number of aliphatic hydroxyl groups excluding tert-OH is 1. The Morgan fingerprint density at radius 3 is 2.86 bits per heavy atom. The number of carbonyl (C=O) groups excluding carboxylic acids is 1. The van der Waals surface area contributed by atoms with Crippen LogP contribution < -0.4 is 14.4 Å². The zero-order valence-corrected chi connectivity index (χ0v) is 15.6. The molecule has 1 N–H and O–H groups in total. The topological polar surface area (TPSA) is 112 Å². The Bertz CT molecular complexity index is 1020. The van der Waals surface area contributed by atoms with Gasteiger partial charge in [0.05, 0.1) is 6.61 Å². The molecular formula is C20H19N5O4. The van der Waals surface area contributed by atoms with E-state index < -0.39 is 5.41 Å². The maximum atomic E-state index is 13.1. The molecule has 0 saturated carbocycles. The highest BCUT2D eigenvalue weighted by Crippen LogP contribution is 2.44. The third-order valence-electron chi connectivity index (χ3n) is 6.07. The molecule has 0 bridgehead atoms. The van der Waals surface area contributed by atoms with E-state index in [0.717, 1.165) is 0 Å². The van der Waals surface area contributed by atoms with Gasteiger partial charge in [0.1, 0.15) is 6.07 Å². The largest absolute Gasteiger partial charge is 0.454 e. The molecule has 1 aromatic heterocycles. The number of ether oxygens (including phenoxy) is 2. The molecule has 0 unspecified atom stereocenters. The van der Waals surface area contributed by atoms with Crippen LogP contribution in [0.15, 0.2) is 30.6 Å². The summed E-state index contributed by atoms with van der Waals surface area (Å²) in [5.74, 6) is 1.74. The van der Waals surface area contributed by atoms with Crippen molar-refractivity contribution in [3.8, 4) is 17.6 Å². The van der Waals surface area contributed by atoms with Gasteiger partial charge in [0.25, 0.3) is 5.91 Å². The zero-order valence-electron chi connectivity index (χ0n) is 15.6. The number of hydrogen-bond acceptors (Lipinski definition) is 8. The van der Waals surface area contributed by atoms with Crippen LogP contribution in [0.2, 0.25) is 0 Å². The molecule has 0 aliphatic carbocycles. The SMILES string of the molecule is N#Cc1nccnc1N1C[C@H]2CN(C(=O)c3ccc4c(c3)OCO4)C[C@@]2(CO)C1. The minimum atomic E-state index is -0.448. The summed E-state index contributed by atoms with van der Waals surface area (Å²) in [4.78, 5) is 25.2. The standard InChI is InChI=1S/C20H19N5O4/c21-6-15-18(23-4-3-22-15)24-7-14-8-25(10-20(14,9-24)11-26)19(27)13-1-2-16-17(5-13)29-12-28-16/h1-5,14,26H,7-12H2/t14-,20+/m0/s1. The van der Waals surface area contributed by atoms with Crippen LogP contribution in [-0.2, 0) is 0 Å². The fourth-order valence-electron chi connectivity index (χ4n) is 4.57. The van der Waals surface area contributed by atoms with Crippen LogP contribution in [0.3, 0.4) is 0 Å². The molecule has 148 valence electrons. The highest BCUT2D eigenvalue weighted by Gasteiger charge is 2.54. The van der Waals surface area contributed by atoms with Gasteiger partial charge in [-0.3, -0.25) is 4.79 Å². The lowest BCUT2D eigenvalue weighted by Gasteiger charge is -2.27. The predicted octanol–water partition coefficient (Wildman–Crippen LogP) is 0.648. The molecule has 3 aliphatic rings.